The van der Waals surface area contributed by atoms with Gasteiger partial charge in [-0.3, -0.25) is 14.2 Å². The zero-order valence-electron chi connectivity index (χ0n) is 9.56. The predicted molar refractivity (Wildman–Crippen MR) is 59.8 cm³/mol. The van der Waals surface area contributed by atoms with Crippen molar-refractivity contribution in [1.82, 2.24) is 19.7 Å². The van der Waals surface area contributed by atoms with Crippen molar-refractivity contribution >= 4 is 11.7 Å². The molecule has 8 nitrogen and oxygen atoms in total. The van der Waals surface area contributed by atoms with Gasteiger partial charge in [-0.1, -0.05) is 0 Å². The molecule has 1 fully saturated rings. The number of aromatic nitrogens is 3. The lowest BCUT2D eigenvalue weighted by molar-refractivity contribution is -0.119. The van der Waals surface area contributed by atoms with Crippen LogP contribution in [-0.4, -0.2) is 32.8 Å². The first-order chi connectivity index (χ1) is 7.99. The molecular formula is C9H13N5O3. The Kier molecular flexibility index (Phi) is 2.70. The van der Waals surface area contributed by atoms with Gasteiger partial charge in [-0.2, -0.15) is 0 Å². The molecule has 1 unspecified atom stereocenters. The van der Waals surface area contributed by atoms with Crippen LogP contribution < -0.4 is 21.9 Å². The Morgan fingerprint density at radius 2 is 2.06 bits per heavy atom. The molecule has 1 aliphatic heterocycles. The Morgan fingerprint density at radius 3 is 2.65 bits per heavy atom. The molecule has 2 heterocycles. The molecule has 1 aromatic rings. The lowest BCUT2D eigenvalue weighted by Crippen LogP contribution is -2.41. The van der Waals surface area contributed by atoms with Crippen molar-refractivity contribution in [2.45, 2.75) is 12.5 Å². The SMILES string of the molecule is Cn1nc(NC2CNC(=O)C2)c(=O)n(C)c1=O. The summed E-state index contributed by atoms with van der Waals surface area (Å²) in [5, 5.41) is 9.35. The quantitative estimate of drug-likeness (QED) is 0.609. The van der Waals surface area contributed by atoms with Crippen LogP contribution in [0.2, 0.25) is 0 Å². The maximum absolute atomic E-state index is 11.7. The second kappa shape index (κ2) is 4.04. The number of rotatable bonds is 2. The fraction of sp³-hybridized carbons (Fsp3) is 0.556. The Morgan fingerprint density at radius 1 is 1.35 bits per heavy atom. The highest BCUT2D eigenvalue weighted by molar-refractivity contribution is 5.79. The number of amides is 1. The summed E-state index contributed by atoms with van der Waals surface area (Å²) in [5.74, 6) is 0.0141. The minimum Gasteiger partial charge on any atom is -0.359 e. The monoisotopic (exact) mass is 239 g/mol. The average molecular weight is 239 g/mol. The number of anilines is 1. The molecular weight excluding hydrogens is 226 g/mol. The molecule has 2 N–H and O–H groups in total. The molecule has 2 rings (SSSR count). The second-order valence-corrected chi connectivity index (χ2v) is 3.97. The number of hydrogen-bond donors (Lipinski definition) is 2. The zero-order valence-corrected chi connectivity index (χ0v) is 9.56. The first-order valence-electron chi connectivity index (χ1n) is 5.16. The van der Waals surface area contributed by atoms with Crippen LogP contribution >= 0.6 is 0 Å². The van der Waals surface area contributed by atoms with Crippen LogP contribution in [0.15, 0.2) is 9.59 Å². The van der Waals surface area contributed by atoms with E-state index in [1.807, 2.05) is 0 Å². The first-order valence-corrected chi connectivity index (χ1v) is 5.16. The van der Waals surface area contributed by atoms with Gasteiger partial charge in [0.1, 0.15) is 0 Å². The Labute approximate surface area is 96.2 Å². The summed E-state index contributed by atoms with van der Waals surface area (Å²) < 4.78 is 2.05. The van der Waals surface area contributed by atoms with Crippen LogP contribution in [0.1, 0.15) is 6.42 Å². The van der Waals surface area contributed by atoms with Crippen molar-refractivity contribution in [2.24, 2.45) is 14.1 Å². The summed E-state index contributed by atoms with van der Waals surface area (Å²) in [5.41, 5.74) is -0.978. The predicted octanol–water partition coefficient (Wildman–Crippen LogP) is -2.22. The fourth-order valence-electron chi connectivity index (χ4n) is 1.69. The first kappa shape index (κ1) is 11.4. The largest absolute Gasteiger partial charge is 0.359 e. The minimum absolute atomic E-state index is 0.0656. The molecule has 0 radical (unpaired) electrons. The van der Waals surface area contributed by atoms with Gasteiger partial charge in [0.2, 0.25) is 11.7 Å². The molecule has 1 amide bonds. The number of hydrogen-bond acceptors (Lipinski definition) is 5. The zero-order chi connectivity index (χ0) is 12.6. The van der Waals surface area contributed by atoms with Crippen LogP contribution in [0.4, 0.5) is 5.82 Å². The molecule has 0 aromatic carbocycles. The van der Waals surface area contributed by atoms with Crippen LogP contribution in [0, 0.1) is 0 Å². The van der Waals surface area contributed by atoms with E-state index in [0.29, 0.717) is 13.0 Å². The van der Waals surface area contributed by atoms with Gasteiger partial charge in [0, 0.05) is 27.1 Å². The highest BCUT2D eigenvalue weighted by Gasteiger charge is 2.23. The summed E-state index contributed by atoms with van der Waals surface area (Å²) in [7, 11) is 2.85. The van der Waals surface area contributed by atoms with Crippen LogP contribution in [0.25, 0.3) is 0 Å². The van der Waals surface area contributed by atoms with E-state index in [4.69, 9.17) is 0 Å². The van der Waals surface area contributed by atoms with Crippen molar-refractivity contribution in [3.8, 4) is 0 Å². The molecule has 1 atom stereocenters. The van der Waals surface area contributed by atoms with E-state index in [1.54, 1.807) is 0 Å². The van der Waals surface area contributed by atoms with Gasteiger partial charge in [-0.15, -0.1) is 5.10 Å². The van der Waals surface area contributed by atoms with Crippen molar-refractivity contribution < 1.29 is 4.79 Å². The number of carbonyl (C=O) groups excluding carboxylic acids is 1. The molecule has 0 aliphatic carbocycles. The van der Waals surface area contributed by atoms with Gasteiger partial charge in [0.15, 0.2) is 0 Å². The van der Waals surface area contributed by atoms with Crippen molar-refractivity contribution in [3.63, 3.8) is 0 Å². The smallest absolute Gasteiger partial charge is 0.346 e. The van der Waals surface area contributed by atoms with Gasteiger partial charge in [0.05, 0.1) is 6.04 Å². The standard InChI is InChI=1S/C9H13N5O3/c1-13-8(16)7(12-14(2)9(13)17)11-5-3-6(15)10-4-5/h5H,3-4H2,1-2H3,(H,10,15)(H,11,12). The number of carbonyl (C=O) groups is 1. The van der Waals surface area contributed by atoms with Crippen molar-refractivity contribution in [2.75, 3.05) is 11.9 Å². The van der Waals surface area contributed by atoms with E-state index in [0.717, 1.165) is 9.25 Å². The number of nitrogens with one attached hydrogen (secondary N) is 2. The Hall–Kier alpha value is -2.12. The Bertz CT molecular complexity index is 573. The second-order valence-electron chi connectivity index (χ2n) is 3.97. The third-order valence-corrected chi connectivity index (χ3v) is 2.64. The van der Waals surface area contributed by atoms with Crippen LogP contribution in [0.5, 0.6) is 0 Å². The summed E-state index contributed by atoms with van der Waals surface area (Å²) in [6.07, 6.45) is 0.299. The molecule has 0 spiro atoms. The van der Waals surface area contributed by atoms with E-state index in [2.05, 4.69) is 15.7 Å². The normalized spacial score (nSPS) is 19.2. The topological polar surface area (TPSA) is 98.0 Å². The fourth-order valence-corrected chi connectivity index (χ4v) is 1.69. The number of nitrogens with zero attached hydrogens (tertiary/aromatic N) is 3. The number of aryl methyl sites for hydroxylation is 1. The van der Waals surface area contributed by atoms with Crippen LogP contribution in [-0.2, 0) is 18.9 Å². The minimum atomic E-state index is -0.493. The molecule has 1 saturated heterocycles. The summed E-state index contributed by atoms with van der Waals surface area (Å²) in [6, 6.07) is -0.166. The third-order valence-electron chi connectivity index (χ3n) is 2.64. The van der Waals surface area contributed by atoms with E-state index in [-0.39, 0.29) is 17.8 Å². The summed E-state index contributed by atoms with van der Waals surface area (Å²) in [6.45, 7) is 0.451. The average Bonchev–Trinajstić information content (AvgIpc) is 2.69. The maximum Gasteiger partial charge on any atom is 0.346 e. The van der Waals surface area contributed by atoms with Gasteiger partial charge in [-0.05, 0) is 0 Å². The highest BCUT2D eigenvalue weighted by atomic mass is 16.2. The highest BCUT2D eigenvalue weighted by Crippen LogP contribution is 2.04. The maximum atomic E-state index is 11.7. The van der Waals surface area contributed by atoms with E-state index >= 15 is 0 Å². The molecule has 1 aliphatic rings. The molecule has 1 aromatic heterocycles. The molecule has 8 heteroatoms. The summed E-state index contributed by atoms with van der Waals surface area (Å²) in [4.78, 5) is 34.1. The lowest BCUT2D eigenvalue weighted by atomic mass is 10.2. The summed E-state index contributed by atoms with van der Waals surface area (Å²) >= 11 is 0. The van der Waals surface area contributed by atoms with Crippen molar-refractivity contribution in [1.29, 1.82) is 0 Å². The van der Waals surface area contributed by atoms with E-state index < -0.39 is 11.2 Å². The lowest BCUT2D eigenvalue weighted by Gasteiger charge is -2.11. The van der Waals surface area contributed by atoms with Crippen molar-refractivity contribution in [3.05, 3.63) is 20.8 Å². The third kappa shape index (κ3) is 2.05. The van der Waals surface area contributed by atoms with Crippen LogP contribution in [0.3, 0.4) is 0 Å². The molecule has 92 valence electrons. The van der Waals surface area contributed by atoms with Gasteiger partial charge in [0.25, 0.3) is 5.56 Å². The Balaban J connectivity index is 2.31. The van der Waals surface area contributed by atoms with Gasteiger partial charge >= 0.3 is 5.69 Å². The van der Waals surface area contributed by atoms with E-state index in [9.17, 15) is 14.4 Å². The van der Waals surface area contributed by atoms with E-state index in [1.165, 1.54) is 14.1 Å². The van der Waals surface area contributed by atoms with Gasteiger partial charge < -0.3 is 10.6 Å². The van der Waals surface area contributed by atoms with Gasteiger partial charge in [-0.25, -0.2) is 9.48 Å². The molecule has 0 saturated carbocycles. The molecule has 0 bridgehead atoms. The molecule has 17 heavy (non-hydrogen) atoms.